The fraction of sp³-hybridized carbons (Fsp3) is 0.154. The normalized spacial score (nSPS) is 14.7. The smallest absolute Gasteiger partial charge is 0.491 e. The number of carbonyl (C=O) groups is 1. The van der Waals surface area contributed by atoms with Crippen molar-refractivity contribution in [1.82, 2.24) is 9.78 Å². The quantitative estimate of drug-likeness (QED) is 0.797. The van der Waals surface area contributed by atoms with Crippen molar-refractivity contribution in [1.29, 1.82) is 0 Å². The molecular formula is C13H8F2N2O5. The van der Waals surface area contributed by atoms with E-state index in [-0.39, 0.29) is 29.2 Å². The summed E-state index contributed by atoms with van der Waals surface area (Å²) in [6, 6.07) is 4.14. The molecule has 0 N–H and O–H groups in total. The van der Waals surface area contributed by atoms with Crippen LogP contribution in [0.15, 0.2) is 29.2 Å². The van der Waals surface area contributed by atoms with E-state index in [2.05, 4.69) is 14.6 Å². The lowest BCUT2D eigenvalue weighted by molar-refractivity contribution is -0.286. The fourth-order valence-electron chi connectivity index (χ4n) is 1.97. The van der Waals surface area contributed by atoms with Crippen molar-refractivity contribution < 1.29 is 27.8 Å². The second-order valence-electron chi connectivity index (χ2n) is 4.25. The number of para-hydroxylation sites is 1. The van der Waals surface area contributed by atoms with E-state index in [1.165, 1.54) is 25.3 Å². The van der Waals surface area contributed by atoms with E-state index < -0.39 is 17.4 Å². The van der Waals surface area contributed by atoms with Crippen LogP contribution in [0.3, 0.4) is 0 Å². The molecule has 0 radical (unpaired) electrons. The number of alkyl halides is 2. The van der Waals surface area contributed by atoms with Crippen LogP contribution in [0.1, 0.15) is 10.5 Å². The Morgan fingerprint density at radius 1 is 1.36 bits per heavy atom. The zero-order valence-corrected chi connectivity index (χ0v) is 11.1. The number of fused-ring (bicyclic) bond motifs is 1. The molecule has 22 heavy (non-hydrogen) atoms. The van der Waals surface area contributed by atoms with Crippen LogP contribution < -0.4 is 19.6 Å². The Kier molecular flexibility index (Phi) is 3.05. The highest BCUT2D eigenvalue weighted by molar-refractivity contribution is 5.72. The molecule has 2 heterocycles. The molecule has 0 saturated heterocycles. The minimum Gasteiger partial charge on any atom is -0.491 e. The molecule has 0 saturated carbocycles. The SMILES string of the molecule is COc1cn(-c2cccc3c2OC(F)(F)O3)nc(C=O)c1=O. The van der Waals surface area contributed by atoms with Crippen LogP contribution in [0.5, 0.6) is 17.2 Å². The number of aldehydes is 1. The molecule has 0 spiro atoms. The summed E-state index contributed by atoms with van der Waals surface area (Å²) >= 11 is 0. The van der Waals surface area contributed by atoms with Gasteiger partial charge in [-0.2, -0.15) is 5.10 Å². The number of aromatic nitrogens is 2. The average Bonchev–Trinajstić information content (AvgIpc) is 2.81. The molecule has 3 rings (SSSR count). The molecular weight excluding hydrogens is 302 g/mol. The maximum atomic E-state index is 13.2. The summed E-state index contributed by atoms with van der Waals surface area (Å²) in [6.07, 6.45) is -2.39. The zero-order chi connectivity index (χ0) is 15.9. The summed E-state index contributed by atoms with van der Waals surface area (Å²) in [7, 11) is 1.23. The fourth-order valence-corrected chi connectivity index (χ4v) is 1.97. The minimum absolute atomic E-state index is 0.0658. The third-order valence-corrected chi connectivity index (χ3v) is 2.90. The standard InChI is InChI=1S/C13H8F2N2O5/c1-20-10-5-17(16-7(6-18)11(10)19)8-3-2-4-9-12(8)22-13(14,15)21-9/h2-6H,1H3. The Balaban J connectivity index is 2.20. The third kappa shape index (κ3) is 2.16. The Labute approximate surface area is 121 Å². The van der Waals surface area contributed by atoms with Crippen LogP contribution >= 0.6 is 0 Å². The molecule has 0 aliphatic carbocycles. The predicted molar refractivity (Wildman–Crippen MR) is 68.0 cm³/mol. The van der Waals surface area contributed by atoms with Crippen molar-refractivity contribution in [3.8, 4) is 22.9 Å². The van der Waals surface area contributed by atoms with Gasteiger partial charge >= 0.3 is 6.29 Å². The summed E-state index contributed by atoms with van der Waals surface area (Å²) in [4.78, 5) is 22.7. The molecule has 1 aromatic heterocycles. The Hall–Kier alpha value is -2.97. The molecule has 0 unspecified atom stereocenters. The number of benzene rings is 1. The first-order valence-corrected chi connectivity index (χ1v) is 5.97. The highest BCUT2D eigenvalue weighted by atomic mass is 19.3. The lowest BCUT2D eigenvalue weighted by Crippen LogP contribution is -2.26. The maximum Gasteiger partial charge on any atom is 0.586 e. The summed E-state index contributed by atoms with van der Waals surface area (Å²) in [5.41, 5.74) is -1.07. The highest BCUT2D eigenvalue weighted by Gasteiger charge is 2.44. The molecule has 7 nitrogen and oxygen atoms in total. The van der Waals surface area contributed by atoms with Gasteiger partial charge in [0.15, 0.2) is 29.2 Å². The van der Waals surface area contributed by atoms with E-state index in [1.807, 2.05) is 0 Å². The number of rotatable bonds is 3. The van der Waals surface area contributed by atoms with Gasteiger partial charge in [-0.25, -0.2) is 4.68 Å². The van der Waals surface area contributed by atoms with Crippen LogP contribution in [0, 0.1) is 0 Å². The third-order valence-electron chi connectivity index (χ3n) is 2.90. The van der Waals surface area contributed by atoms with Crippen molar-refractivity contribution in [3.05, 3.63) is 40.3 Å². The van der Waals surface area contributed by atoms with Crippen molar-refractivity contribution in [2.45, 2.75) is 6.29 Å². The number of ether oxygens (including phenoxy) is 3. The first-order chi connectivity index (χ1) is 10.4. The van der Waals surface area contributed by atoms with E-state index in [4.69, 9.17) is 4.74 Å². The second kappa shape index (κ2) is 4.79. The molecule has 1 aliphatic rings. The van der Waals surface area contributed by atoms with Gasteiger partial charge in [-0.3, -0.25) is 9.59 Å². The molecule has 0 amide bonds. The van der Waals surface area contributed by atoms with Crippen LogP contribution in [0.25, 0.3) is 5.69 Å². The van der Waals surface area contributed by atoms with Crippen molar-refractivity contribution in [3.63, 3.8) is 0 Å². The maximum absolute atomic E-state index is 13.2. The summed E-state index contributed by atoms with van der Waals surface area (Å²) < 4.78 is 41.0. The van der Waals surface area contributed by atoms with Gasteiger partial charge in [-0.05, 0) is 12.1 Å². The van der Waals surface area contributed by atoms with Crippen LogP contribution in [0.2, 0.25) is 0 Å². The van der Waals surface area contributed by atoms with Gasteiger partial charge in [0.2, 0.25) is 0 Å². The summed E-state index contributed by atoms with van der Waals surface area (Å²) in [5.74, 6) is -0.613. The van der Waals surface area contributed by atoms with E-state index in [9.17, 15) is 18.4 Å². The molecule has 0 atom stereocenters. The molecule has 1 aliphatic heterocycles. The number of nitrogens with zero attached hydrogens (tertiary/aromatic N) is 2. The Morgan fingerprint density at radius 2 is 2.14 bits per heavy atom. The van der Waals surface area contributed by atoms with Gasteiger partial charge < -0.3 is 14.2 Å². The van der Waals surface area contributed by atoms with E-state index in [0.717, 1.165) is 10.9 Å². The lowest BCUT2D eigenvalue weighted by atomic mass is 10.2. The van der Waals surface area contributed by atoms with Crippen LogP contribution in [-0.4, -0.2) is 29.5 Å². The van der Waals surface area contributed by atoms with Crippen LogP contribution in [-0.2, 0) is 0 Å². The summed E-state index contributed by atoms with van der Waals surface area (Å²) in [6.45, 7) is 0. The minimum atomic E-state index is -3.80. The van der Waals surface area contributed by atoms with Gasteiger partial charge in [-0.15, -0.1) is 8.78 Å². The van der Waals surface area contributed by atoms with Gasteiger partial charge in [0.05, 0.1) is 13.3 Å². The van der Waals surface area contributed by atoms with E-state index in [0.29, 0.717) is 0 Å². The number of hydrogen-bond donors (Lipinski definition) is 0. The largest absolute Gasteiger partial charge is 0.586 e. The monoisotopic (exact) mass is 310 g/mol. The molecule has 114 valence electrons. The van der Waals surface area contributed by atoms with Crippen molar-refractivity contribution in [2.75, 3.05) is 7.11 Å². The molecule has 9 heteroatoms. The number of hydrogen-bond acceptors (Lipinski definition) is 6. The summed E-state index contributed by atoms with van der Waals surface area (Å²) in [5, 5.41) is 3.77. The van der Waals surface area contributed by atoms with Gasteiger partial charge in [0.1, 0.15) is 5.69 Å². The molecule has 0 bridgehead atoms. The molecule has 0 fully saturated rings. The topological polar surface area (TPSA) is 79.7 Å². The number of carbonyl (C=O) groups excluding carboxylic acids is 1. The van der Waals surface area contributed by atoms with Gasteiger partial charge in [-0.1, -0.05) is 6.07 Å². The molecule has 2 aromatic rings. The van der Waals surface area contributed by atoms with E-state index >= 15 is 0 Å². The second-order valence-corrected chi connectivity index (χ2v) is 4.25. The molecule has 1 aromatic carbocycles. The van der Waals surface area contributed by atoms with Crippen molar-refractivity contribution >= 4 is 6.29 Å². The van der Waals surface area contributed by atoms with Crippen LogP contribution in [0.4, 0.5) is 8.78 Å². The number of halogens is 2. The van der Waals surface area contributed by atoms with E-state index in [1.54, 1.807) is 0 Å². The number of methoxy groups -OCH3 is 1. The predicted octanol–water partition coefficient (Wildman–Crippen LogP) is 1.38. The average molecular weight is 310 g/mol. The lowest BCUT2D eigenvalue weighted by Gasteiger charge is -2.10. The Morgan fingerprint density at radius 3 is 2.82 bits per heavy atom. The zero-order valence-electron chi connectivity index (χ0n) is 11.1. The van der Waals surface area contributed by atoms with Crippen molar-refractivity contribution in [2.24, 2.45) is 0 Å². The van der Waals surface area contributed by atoms with Gasteiger partial charge in [0, 0.05) is 0 Å². The Bertz CT molecular complexity index is 819. The van der Waals surface area contributed by atoms with Gasteiger partial charge in [0.25, 0.3) is 5.43 Å². The highest BCUT2D eigenvalue weighted by Crippen LogP contribution is 2.44. The first kappa shape index (κ1) is 14.0. The first-order valence-electron chi connectivity index (χ1n) is 5.97.